The van der Waals surface area contributed by atoms with Gasteiger partial charge >= 0.3 is 12.1 Å². The number of aliphatic hydroxyl groups is 1. The molecule has 4 aromatic rings. The van der Waals surface area contributed by atoms with Crippen molar-refractivity contribution in [1.82, 2.24) is 14.4 Å². The predicted molar refractivity (Wildman–Crippen MR) is 210 cm³/mol. The number of carbonyl (C=O) groups is 2. The maximum atomic E-state index is 13.5. The number of aromatic nitrogens is 1. The summed E-state index contributed by atoms with van der Waals surface area (Å²) in [6.07, 6.45) is 10.7. The van der Waals surface area contributed by atoms with Crippen LogP contribution in [0.4, 0.5) is 21.0 Å². The van der Waals surface area contributed by atoms with Crippen molar-refractivity contribution >= 4 is 43.5 Å². The van der Waals surface area contributed by atoms with Crippen molar-refractivity contribution in [3.05, 3.63) is 98.7 Å². The Morgan fingerprint density at radius 1 is 0.737 bits per heavy atom. The van der Waals surface area contributed by atoms with E-state index in [1.165, 1.54) is 41.6 Å². The molecule has 5 N–H and O–H groups in total. The third-order valence-corrected chi connectivity index (χ3v) is 14.6. The standard InChI is InChI=1S/C41H43N5O9S2/c1-41(49,27-15-16-42-36(19-27)57(52,53)46-40(48)43-37-29-8-2-5-23(29)17-24-6-3-9-30(24)37)21-26-11-13-32-33(26)18-25-7-4-10-31(25)38(32)44-39(47)45-56(50,51)28-12-14-34-35(20-28)55-22-54-34/h12,14-20,26,49H,2-11,13,21-22H2,1H3,(H2,43,46,48)(H2,44,45,47). The first-order valence-electron chi connectivity index (χ1n) is 19.4. The first-order chi connectivity index (χ1) is 27.3. The molecule has 5 aliphatic rings. The molecule has 298 valence electrons. The van der Waals surface area contributed by atoms with Crippen molar-refractivity contribution in [2.24, 2.45) is 0 Å². The SMILES string of the molecule is CC(O)(CC1CCc2c1cc1c(c2NC(=O)NS(=O)(=O)c2ccc3c(c2)OCO3)CCC1)c1ccnc(S(=O)(=O)NC(=O)Nc2c3c(cc4c2CCC4)CCC3)c1. The fourth-order valence-electron chi connectivity index (χ4n) is 9.42. The summed E-state index contributed by atoms with van der Waals surface area (Å²) in [5.74, 6) is 0.534. The van der Waals surface area contributed by atoms with Crippen LogP contribution in [0.3, 0.4) is 0 Å². The minimum atomic E-state index is -4.41. The van der Waals surface area contributed by atoms with Crippen LogP contribution in [-0.4, -0.2) is 45.8 Å². The highest BCUT2D eigenvalue weighted by Crippen LogP contribution is 2.47. The fourth-order valence-corrected chi connectivity index (χ4v) is 11.2. The van der Waals surface area contributed by atoms with E-state index in [9.17, 15) is 31.5 Å². The lowest BCUT2D eigenvalue weighted by molar-refractivity contribution is 0.0396. The maximum Gasteiger partial charge on any atom is 0.333 e. The number of rotatable bonds is 9. The van der Waals surface area contributed by atoms with Crippen LogP contribution in [0.25, 0.3) is 0 Å². The van der Waals surface area contributed by atoms with Crippen molar-refractivity contribution in [3.63, 3.8) is 0 Å². The quantitative estimate of drug-likeness (QED) is 0.141. The molecular weight excluding hydrogens is 771 g/mol. The van der Waals surface area contributed by atoms with Crippen LogP contribution >= 0.6 is 0 Å². The van der Waals surface area contributed by atoms with Gasteiger partial charge < -0.3 is 25.2 Å². The summed E-state index contributed by atoms with van der Waals surface area (Å²) >= 11 is 0. The van der Waals surface area contributed by atoms with Crippen LogP contribution < -0.4 is 29.6 Å². The van der Waals surface area contributed by atoms with Crippen molar-refractivity contribution < 1.29 is 41.0 Å². The van der Waals surface area contributed by atoms with Crippen molar-refractivity contribution in [2.45, 2.75) is 105 Å². The van der Waals surface area contributed by atoms with E-state index < -0.39 is 42.7 Å². The molecule has 2 heterocycles. The molecule has 0 saturated heterocycles. The summed E-state index contributed by atoms with van der Waals surface area (Å²) in [6, 6.07) is 9.59. The van der Waals surface area contributed by atoms with Gasteiger partial charge in [-0.3, -0.25) is 0 Å². The Labute approximate surface area is 330 Å². The van der Waals surface area contributed by atoms with Crippen LogP contribution in [0, 0.1) is 0 Å². The third kappa shape index (κ3) is 6.97. The highest BCUT2D eigenvalue weighted by molar-refractivity contribution is 7.90. The first kappa shape index (κ1) is 37.4. The van der Waals surface area contributed by atoms with Crippen molar-refractivity contribution in [3.8, 4) is 11.5 Å². The zero-order chi connectivity index (χ0) is 39.7. The van der Waals surface area contributed by atoms with E-state index in [0.29, 0.717) is 29.8 Å². The second-order valence-corrected chi connectivity index (χ2v) is 19.1. The predicted octanol–water partition coefficient (Wildman–Crippen LogP) is 5.62. The number of benzene rings is 3. The number of nitrogens with one attached hydrogen (secondary N) is 4. The summed E-state index contributed by atoms with van der Waals surface area (Å²) in [5.41, 5.74) is 8.56. The summed E-state index contributed by atoms with van der Waals surface area (Å²) in [7, 11) is -8.65. The summed E-state index contributed by atoms with van der Waals surface area (Å²) in [4.78, 5) is 30.5. The zero-order valence-electron chi connectivity index (χ0n) is 31.4. The summed E-state index contributed by atoms with van der Waals surface area (Å²) in [6.45, 7) is 1.60. The fraction of sp³-hybridized carbons (Fsp3) is 0.390. The van der Waals surface area contributed by atoms with Crippen LogP contribution in [-0.2, 0) is 70.6 Å². The molecule has 0 saturated carbocycles. The molecule has 2 atom stereocenters. The normalized spacial score (nSPS) is 18.6. The second-order valence-electron chi connectivity index (χ2n) is 15.8. The van der Waals surface area contributed by atoms with E-state index in [1.807, 2.05) is 0 Å². The van der Waals surface area contributed by atoms with Gasteiger partial charge in [-0.25, -0.2) is 32.4 Å². The van der Waals surface area contributed by atoms with Crippen LogP contribution in [0.15, 0.2) is 58.6 Å². The molecule has 57 heavy (non-hydrogen) atoms. The lowest BCUT2D eigenvalue weighted by atomic mass is 9.83. The smallest absolute Gasteiger partial charge is 0.333 e. The van der Waals surface area contributed by atoms with Gasteiger partial charge in [0, 0.05) is 23.6 Å². The highest BCUT2D eigenvalue weighted by atomic mass is 32.2. The molecule has 3 aromatic carbocycles. The van der Waals surface area contributed by atoms with Crippen LogP contribution in [0.5, 0.6) is 11.5 Å². The van der Waals surface area contributed by atoms with Gasteiger partial charge in [-0.05, 0) is 164 Å². The molecule has 2 unspecified atom stereocenters. The highest BCUT2D eigenvalue weighted by Gasteiger charge is 2.37. The van der Waals surface area contributed by atoms with E-state index >= 15 is 0 Å². The molecule has 0 spiro atoms. The first-order valence-corrected chi connectivity index (χ1v) is 22.3. The van der Waals surface area contributed by atoms with Crippen LogP contribution in [0.2, 0.25) is 0 Å². The second kappa shape index (κ2) is 14.0. The number of anilines is 2. The number of sulfonamides is 2. The Hall–Kier alpha value is -5.19. The molecule has 1 aliphatic heterocycles. The molecule has 4 amide bonds. The molecule has 1 aromatic heterocycles. The average Bonchev–Trinajstić information content (AvgIpc) is 4.02. The average molecular weight is 814 g/mol. The molecule has 0 radical (unpaired) electrons. The van der Waals surface area contributed by atoms with Crippen LogP contribution in [0.1, 0.15) is 95.0 Å². The van der Waals surface area contributed by atoms with E-state index in [2.05, 4.69) is 37.2 Å². The number of ether oxygens (including phenoxy) is 2. The number of hydrogen-bond donors (Lipinski definition) is 5. The van der Waals surface area contributed by atoms with Gasteiger partial charge in [-0.1, -0.05) is 12.1 Å². The van der Waals surface area contributed by atoms with E-state index in [1.54, 1.807) is 13.0 Å². The molecule has 0 bridgehead atoms. The molecule has 14 nitrogen and oxygen atoms in total. The Morgan fingerprint density at radius 2 is 1.33 bits per heavy atom. The largest absolute Gasteiger partial charge is 0.454 e. The number of nitrogens with zero attached hydrogens (tertiary/aromatic N) is 1. The third-order valence-electron chi connectivity index (χ3n) is 12.1. The Morgan fingerprint density at radius 3 is 2.00 bits per heavy atom. The number of fused-ring (bicyclic) bond motifs is 5. The Kier molecular flexibility index (Phi) is 9.20. The lowest BCUT2D eigenvalue weighted by Crippen LogP contribution is -2.35. The van der Waals surface area contributed by atoms with Gasteiger partial charge in [0.15, 0.2) is 16.5 Å². The number of pyridine rings is 1. The Bertz CT molecular complexity index is 2560. The Balaban J connectivity index is 0.911. The van der Waals surface area contributed by atoms with Gasteiger partial charge in [-0.2, -0.15) is 8.42 Å². The lowest BCUT2D eigenvalue weighted by Gasteiger charge is -2.28. The summed E-state index contributed by atoms with van der Waals surface area (Å²) < 4.78 is 68.2. The van der Waals surface area contributed by atoms with Gasteiger partial charge in [0.05, 0.1) is 10.5 Å². The maximum absolute atomic E-state index is 13.5. The van der Waals surface area contributed by atoms with Gasteiger partial charge in [0.1, 0.15) is 0 Å². The molecule has 9 rings (SSSR count). The number of carbonyl (C=O) groups excluding carboxylic acids is 2. The zero-order valence-corrected chi connectivity index (χ0v) is 33.0. The van der Waals surface area contributed by atoms with E-state index in [4.69, 9.17) is 9.47 Å². The minimum absolute atomic E-state index is 0.0196. The minimum Gasteiger partial charge on any atom is -0.454 e. The number of amides is 4. The van der Waals surface area contributed by atoms with Crippen molar-refractivity contribution in [2.75, 3.05) is 17.4 Å². The summed E-state index contributed by atoms with van der Waals surface area (Å²) in [5, 5.41) is 17.3. The number of urea groups is 2. The monoisotopic (exact) mass is 813 g/mol. The van der Waals surface area contributed by atoms with Crippen molar-refractivity contribution in [1.29, 1.82) is 0 Å². The van der Waals surface area contributed by atoms with Gasteiger partial charge in [0.25, 0.3) is 20.0 Å². The van der Waals surface area contributed by atoms with E-state index in [0.717, 1.165) is 96.9 Å². The van der Waals surface area contributed by atoms with Gasteiger partial charge in [-0.15, -0.1) is 0 Å². The molecule has 4 aliphatic carbocycles. The van der Waals surface area contributed by atoms with E-state index in [-0.39, 0.29) is 29.8 Å². The molecular formula is C41H43N5O9S2. The topological polar surface area (TPSA) is 202 Å². The molecule has 0 fully saturated rings. The van der Waals surface area contributed by atoms with Gasteiger partial charge in [0.2, 0.25) is 6.79 Å². The number of hydrogen-bond acceptors (Lipinski definition) is 10. The molecule has 16 heteroatoms. The number of aryl methyl sites for hydroxylation is 3.